The summed E-state index contributed by atoms with van der Waals surface area (Å²) in [7, 11) is 0. The lowest BCUT2D eigenvalue weighted by molar-refractivity contribution is 1.49. The lowest BCUT2D eigenvalue weighted by Gasteiger charge is -2.20. The van der Waals surface area contributed by atoms with Crippen LogP contribution in [0.25, 0.3) is 206 Å². The van der Waals surface area contributed by atoms with E-state index in [1.165, 1.54) is 248 Å². The van der Waals surface area contributed by atoms with Gasteiger partial charge in [-0.05, 0) is 272 Å². The minimum absolute atomic E-state index is 1.26. The average Bonchev–Trinajstić information content (AvgIpc) is 1.47. The van der Waals surface area contributed by atoms with Gasteiger partial charge in [0.15, 0.2) is 0 Å². The van der Waals surface area contributed by atoms with Gasteiger partial charge in [-0.15, -0.1) is 0 Å². The molecular weight excluding hydrogens is 1130 g/mol. The molecule has 22 aromatic rings. The van der Waals surface area contributed by atoms with E-state index >= 15 is 0 Å². The SMILES string of the molecule is c1cc2ccc3cccc4c(-c5c6c(c(-c7cc8cccc9ccc%10cccc7c%10c98)c7ccccc57)=c5ccc7c8c(ccc=6c58)=c5c(-c6cc8cccc9ccc%10cccc6c%10c98)c6ccccc6c(-c6cc8cccc9ccc%10cccc6c%10c98)c5=7)cc(c1)c2c34. The molecule has 0 N–H and O–H groups in total. The molecule has 0 atom stereocenters. The number of benzene rings is 22. The highest BCUT2D eigenvalue weighted by Crippen LogP contribution is 2.53. The predicted molar refractivity (Wildman–Crippen MR) is 399 cm³/mol. The van der Waals surface area contributed by atoms with E-state index in [1.807, 2.05) is 0 Å². The topological polar surface area (TPSA) is 0 Å². The van der Waals surface area contributed by atoms with Crippen molar-refractivity contribution in [2.75, 3.05) is 0 Å². The van der Waals surface area contributed by atoms with Crippen LogP contribution in [-0.2, 0) is 0 Å². The van der Waals surface area contributed by atoms with Crippen LogP contribution in [-0.4, -0.2) is 0 Å². The molecule has 0 saturated carbocycles. The first-order valence-electron chi connectivity index (χ1n) is 33.1. The highest BCUT2D eigenvalue weighted by Gasteiger charge is 2.29. The summed E-state index contributed by atoms with van der Waals surface area (Å²) in [6.45, 7) is 0. The van der Waals surface area contributed by atoms with Gasteiger partial charge in [0.1, 0.15) is 0 Å². The van der Waals surface area contributed by atoms with Gasteiger partial charge < -0.3 is 0 Å². The zero-order valence-electron chi connectivity index (χ0n) is 50.7. The monoisotopic (exact) mass is 1180 g/mol. The van der Waals surface area contributed by atoms with Crippen LogP contribution in [0, 0.1) is 41.7 Å². The minimum Gasteiger partial charge on any atom is -0.0616 e. The van der Waals surface area contributed by atoms with Gasteiger partial charge in [-0.1, -0.05) is 267 Å². The largest absolute Gasteiger partial charge is 0.0616 e. The molecule has 0 unspecified atom stereocenters. The second-order valence-electron chi connectivity index (χ2n) is 27.1. The Kier molecular flexibility index (Phi) is 8.80. The van der Waals surface area contributed by atoms with E-state index in [0.29, 0.717) is 0 Å². The fourth-order valence-electron chi connectivity index (χ4n) is 19.3. The summed E-state index contributed by atoms with van der Waals surface area (Å²) in [6.07, 6.45) is 0. The van der Waals surface area contributed by atoms with Crippen molar-refractivity contribution in [1.82, 2.24) is 0 Å². The third-order valence-corrected chi connectivity index (χ3v) is 22.8. The Hall–Kier alpha value is -12.2. The van der Waals surface area contributed by atoms with Crippen molar-refractivity contribution in [2.45, 2.75) is 0 Å². The molecule has 424 valence electrons. The zero-order valence-corrected chi connectivity index (χ0v) is 50.7. The van der Waals surface area contributed by atoms with E-state index in [1.54, 1.807) is 0 Å². The second kappa shape index (κ2) is 17.0. The number of hydrogen-bond acceptors (Lipinski definition) is 0. The van der Waals surface area contributed by atoms with Gasteiger partial charge in [0.2, 0.25) is 0 Å². The quantitative estimate of drug-likeness (QED) is 0.154. The van der Waals surface area contributed by atoms with Crippen LogP contribution in [0.5, 0.6) is 0 Å². The summed E-state index contributed by atoms with van der Waals surface area (Å²) in [6, 6.07) is 113. The molecular formula is C94H48. The molecule has 0 radical (unpaired) electrons. The van der Waals surface area contributed by atoms with Gasteiger partial charge in [0, 0.05) is 0 Å². The maximum atomic E-state index is 2.56. The predicted octanol–water partition coefficient (Wildman–Crippen LogP) is 25.2. The van der Waals surface area contributed by atoms with Crippen molar-refractivity contribution >= 4 is 162 Å². The Morgan fingerprint density at radius 3 is 0.553 bits per heavy atom. The standard InChI is InChI=1S/C94H48/c1-2-26-62-61(25-1)85(73-45-57-21-5-13-49-33-37-53-17-9-29-65(73)81(53)77(49)57)91-69-41-42-71-90-72(44-43-70(89(69)90)92(91)86(62)74-46-58-22-6-14-50-34-38-54-18-10-30-66(74)82(54)78(50)58)94-88(76-48-60-24-8-16-52-36-40-56-20-12-32-68(76)84(56)80(52)60)64-28-4-3-27-63(64)87(93(71)94)75-47-59-23-7-15-51-35-39-55-19-11-31-67(75)83(55)79(51)59/h1-48H. The molecule has 94 heavy (non-hydrogen) atoms. The first-order chi connectivity index (χ1) is 46.7. The van der Waals surface area contributed by atoms with Crippen LogP contribution in [0.3, 0.4) is 0 Å². The molecule has 22 aromatic carbocycles. The van der Waals surface area contributed by atoms with Crippen LogP contribution < -0.4 is 0 Å². The Morgan fingerprint density at radius 2 is 0.319 bits per heavy atom. The van der Waals surface area contributed by atoms with Crippen LogP contribution in [0.15, 0.2) is 291 Å². The van der Waals surface area contributed by atoms with Crippen molar-refractivity contribution in [3.8, 4) is 44.5 Å². The molecule has 0 fully saturated rings. The lowest BCUT2D eigenvalue weighted by atomic mass is 9.82. The Balaban J connectivity index is 0.974. The fourth-order valence-corrected chi connectivity index (χ4v) is 19.3. The molecule has 0 spiro atoms. The maximum absolute atomic E-state index is 2.56. The molecule has 0 heteroatoms. The zero-order chi connectivity index (χ0) is 60.5. The third kappa shape index (κ3) is 5.82. The molecule has 0 saturated heterocycles. The highest BCUT2D eigenvalue weighted by molar-refractivity contribution is 6.33. The van der Waals surface area contributed by atoms with Crippen molar-refractivity contribution < 1.29 is 0 Å². The molecule has 2 aliphatic rings. The molecule has 24 rings (SSSR count). The average molecular weight is 1180 g/mol. The summed E-state index contributed by atoms with van der Waals surface area (Å²) in [5.41, 5.74) is 10.3. The van der Waals surface area contributed by atoms with Gasteiger partial charge in [-0.3, -0.25) is 0 Å². The summed E-state index contributed by atoms with van der Waals surface area (Å²) in [5.74, 6) is 0. The van der Waals surface area contributed by atoms with Crippen molar-refractivity contribution in [1.29, 1.82) is 0 Å². The Labute approximate surface area is 535 Å². The number of hydrogen-bond donors (Lipinski definition) is 0. The normalized spacial score (nSPS) is 12.9. The van der Waals surface area contributed by atoms with E-state index in [0.717, 1.165) is 0 Å². The van der Waals surface area contributed by atoms with Gasteiger partial charge >= 0.3 is 0 Å². The third-order valence-electron chi connectivity index (χ3n) is 22.8. The summed E-state index contributed by atoms with van der Waals surface area (Å²) >= 11 is 0. The maximum Gasteiger partial charge on any atom is -0.000718 e. The minimum atomic E-state index is 1.26. The van der Waals surface area contributed by atoms with Crippen molar-refractivity contribution in [3.05, 3.63) is 333 Å². The Bertz CT molecular complexity index is 6850. The Morgan fingerprint density at radius 1 is 0.128 bits per heavy atom. The van der Waals surface area contributed by atoms with Crippen LogP contribution >= 0.6 is 0 Å². The van der Waals surface area contributed by atoms with Gasteiger partial charge in [0.25, 0.3) is 0 Å². The first-order valence-corrected chi connectivity index (χ1v) is 33.1. The van der Waals surface area contributed by atoms with Crippen LogP contribution in [0.2, 0.25) is 0 Å². The lowest BCUT2D eigenvalue weighted by Crippen LogP contribution is -1.96. The van der Waals surface area contributed by atoms with E-state index in [4.69, 9.17) is 0 Å². The summed E-state index contributed by atoms with van der Waals surface area (Å²) in [4.78, 5) is 0. The summed E-state index contributed by atoms with van der Waals surface area (Å²) < 4.78 is 0. The van der Waals surface area contributed by atoms with Gasteiger partial charge in [0.05, 0.1) is 0 Å². The molecule has 0 nitrogen and oxygen atoms in total. The number of rotatable bonds is 4. The molecule has 0 heterocycles. The molecule has 0 amide bonds. The molecule has 2 aliphatic carbocycles. The first kappa shape index (κ1) is 48.6. The fraction of sp³-hybridized carbons (Fsp3) is 0. The molecule has 0 aliphatic heterocycles. The second-order valence-corrected chi connectivity index (χ2v) is 27.1. The molecule has 0 aromatic heterocycles. The van der Waals surface area contributed by atoms with Crippen molar-refractivity contribution in [2.24, 2.45) is 0 Å². The summed E-state index contributed by atoms with van der Waals surface area (Å²) in [5, 5.41) is 49.2. The number of fused-ring (bicyclic) bond motifs is 4. The van der Waals surface area contributed by atoms with E-state index < -0.39 is 0 Å². The van der Waals surface area contributed by atoms with Gasteiger partial charge in [-0.25, -0.2) is 0 Å². The van der Waals surface area contributed by atoms with Gasteiger partial charge in [-0.2, -0.15) is 0 Å². The van der Waals surface area contributed by atoms with Crippen LogP contribution in [0.1, 0.15) is 0 Å². The molecule has 0 bridgehead atoms. The van der Waals surface area contributed by atoms with Crippen LogP contribution in [0.4, 0.5) is 0 Å². The van der Waals surface area contributed by atoms with E-state index in [2.05, 4.69) is 291 Å². The van der Waals surface area contributed by atoms with E-state index in [9.17, 15) is 0 Å². The van der Waals surface area contributed by atoms with E-state index in [-0.39, 0.29) is 0 Å². The smallest absolute Gasteiger partial charge is 0.000718 e. The van der Waals surface area contributed by atoms with Crippen molar-refractivity contribution in [3.63, 3.8) is 0 Å². The highest BCUT2D eigenvalue weighted by atomic mass is 14.3.